The lowest BCUT2D eigenvalue weighted by Gasteiger charge is -2.18. The van der Waals surface area contributed by atoms with Gasteiger partial charge in [-0.2, -0.15) is 0 Å². The van der Waals surface area contributed by atoms with Gasteiger partial charge < -0.3 is 0 Å². The van der Waals surface area contributed by atoms with Gasteiger partial charge >= 0.3 is 0 Å². The van der Waals surface area contributed by atoms with Crippen LogP contribution in [0.5, 0.6) is 0 Å². The van der Waals surface area contributed by atoms with E-state index in [9.17, 15) is 4.39 Å². The van der Waals surface area contributed by atoms with Gasteiger partial charge in [-0.3, -0.25) is 0 Å². The maximum absolute atomic E-state index is 11.9. The third-order valence-corrected chi connectivity index (χ3v) is 6.22. The van der Waals surface area contributed by atoms with Crippen LogP contribution < -0.4 is 15.9 Å². The van der Waals surface area contributed by atoms with Crippen molar-refractivity contribution in [2.45, 2.75) is 0 Å². The van der Waals surface area contributed by atoms with Crippen LogP contribution in [0.1, 0.15) is 0 Å². The zero-order valence-corrected chi connectivity index (χ0v) is 17.4. The SMILES string of the molecule is Br.Fc1ccccc1.c1ccc(P(c2ccccc2)c2ccccc2)cc1. The van der Waals surface area contributed by atoms with Crippen LogP contribution in [0.15, 0.2) is 121 Å². The van der Waals surface area contributed by atoms with Crippen molar-refractivity contribution in [2.24, 2.45) is 0 Å². The second-order valence-corrected chi connectivity index (χ2v) is 7.86. The van der Waals surface area contributed by atoms with Crippen molar-refractivity contribution in [3.63, 3.8) is 0 Å². The molecule has 136 valence electrons. The molecule has 0 saturated heterocycles. The normalized spacial score (nSPS) is 9.70. The van der Waals surface area contributed by atoms with E-state index in [2.05, 4.69) is 91.0 Å². The van der Waals surface area contributed by atoms with Crippen molar-refractivity contribution in [2.75, 3.05) is 0 Å². The molecule has 4 rings (SSSR count). The molecule has 0 nitrogen and oxygen atoms in total. The highest BCUT2D eigenvalue weighted by atomic mass is 79.9. The quantitative estimate of drug-likeness (QED) is 0.352. The molecule has 0 aliphatic heterocycles. The number of hydrogen-bond acceptors (Lipinski definition) is 0. The van der Waals surface area contributed by atoms with Crippen molar-refractivity contribution in [1.29, 1.82) is 0 Å². The first-order valence-corrected chi connectivity index (χ1v) is 9.84. The molecule has 3 heteroatoms. The van der Waals surface area contributed by atoms with Crippen LogP contribution >= 0.6 is 24.9 Å². The van der Waals surface area contributed by atoms with E-state index in [4.69, 9.17) is 0 Å². The Morgan fingerprint density at radius 3 is 0.889 bits per heavy atom. The Hall–Kier alpha value is -2.28. The van der Waals surface area contributed by atoms with Crippen molar-refractivity contribution >= 4 is 40.8 Å². The third kappa shape index (κ3) is 6.43. The summed E-state index contributed by atoms with van der Waals surface area (Å²) in [5.74, 6) is -0.178. The number of hydrogen-bond donors (Lipinski definition) is 0. The van der Waals surface area contributed by atoms with Crippen molar-refractivity contribution in [1.82, 2.24) is 0 Å². The standard InChI is InChI=1S/C18H15P.C6H5F.BrH/c1-4-10-16(11-5-1)19(17-12-6-2-7-13-17)18-14-8-3-9-15-18;7-6-4-2-1-3-5-6;/h1-15H;1-5H;1H. The lowest BCUT2D eigenvalue weighted by atomic mass is 10.4. The van der Waals surface area contributed by atoms with E-state index in [1.165, 1.54) is 28.0 Å². The second kappa shape index (κ2) is 11.4. The molecule has 0 aromatic heterocycles. The fourth-order valence-electron chi connectivity index (χ4n) is 2.59. The Bertz CT molecular complexity index is 790. The molecule has 0 aliphatic rings. The molecule has 0 radical (unpaired) electrons. The summed E-state index contributed by atoms with van der Waals surface area (Å²) < 4.78 is 11.9. The van der Waals surface area contributed by atoms with E-state index in [0.29, 0.717) is 0 Å². The minimum absolute atomic E-state index is 0. The van der Waals surface area contributed by atoms with Crippen LogP contribution in [0.25, 0.3) is 0 Å². The van der Waals surface area contributed by atoms with Gasteiger partial charge in [-0.1, -0.05) is 109 Å². The first-order chi connectivity index (χ1) is 12.8. The molecule has 0 amide bonds. The number of rotatable bonds is 3. The van der Waals surface area contributed by atoms with E-state index >= 15 is 0 Å². The van der Waals surface area contributed by atoms with E-state index in [1.807, 2.05) is 0 Å². The summed E-state index contributed by atoms with van der Waals surface area (Å²) >= 11 is 0. The molecule has 0 heterocycles. The minimum atomic E-state index is -0.446. The fraction of sp³-hybridized carbons (Fsp3) is 0. The van der Waals surface area contributed by atoms with Gasteiger partial charge in [0.05, 0.1) is 0 Å². The molecule has 0 unspecified atom stereocenters. The molecule has 0 saturated carbocycles. The van der Waals surface area contributed by atoms with Crippen LogP contribution in [-0.4, -0.2) is 0 Å². The van der Waals surface area contributed by atoms with Gasteiger partial charge in [0.2, 0.25) is 0 Å². The first kappa shape index (κ1) is 21.0. The average molecular weight is 439 g/mol. The van der Waals surface area contributed by atoms with Crippen molar-refractivity contribution < 1.29 is 4.39 Å². The zero-order chi connectivity index (χ0) is 18.0. The van der Waals surface area contributed by atoms with Crippen LogP contribution in [0, 0.1) is 5.82 Å². The van der Waals surface area contributed by atoms with Gasteiger partial charge in [0.1, 0.15) is 5.82 Å². The third-order valence-electron chi connectivity index (χ3n) is 3.78. The molecular weight excluding hydrogens is 418 g/mol. The zero-order valence-electron chi connectivity index (χ0n) is 14.8. The van der Waals surface area contributed by atoms with Crippen LogP contribution in [0.4, 0.5) is 4.39 Å². The summed E-state index contributed by atoms with van der Waals surface area (Å²) in [6, 6.07) is 40.3. The fourth-order valence-corrected chi connectivity index (χ4v) is 4.90. The summed E-state index contributed by atoms with van der Waals surface area (Å²) in [5.41, 5.74) is 0. The lowest BCUT2D eigenvalue weighted by molar-refractivity contribution is 0.628. The Morgan fingerprint density at radius 2 is 0.667 bits per heavy atom. The van der Waals surface area contributed by atoms with Crippen LogP contribution in [0.3, 0.4) is 0 Å². The smallest absolute Gasteiger partial charge is 0.123 e. The highest BCUT2D eigenvalue weighted by molar-refractivity contribution is 8.93. The Morgan fingerprint density at radius 1 is 0.407 bits per heavy atom. The van der Waals surface area contributed by atoms with Gasteiger partial charge in [-0.15, -0.1) is 17.0 Å². The van der Waals surface area contributed by atoms with E-state index in [0.717, 1.165) is 0 Å². The van der Waals surface area contributed by atoms with Crippen LogP contribution in [-0.2, 0) is 0 Å². The van der Waals surface area contributed by atoms with Crippen molar-refractivity contribution in [3.8, 4) is 0 Å². The maximum atomic E-state index is 11.9. The highest BCUT2D eigenvalue weighted by Crippen LogP contribution is 2.32. The van der Waals surface area contributed by atoms with E-state index < -0.39 is 7.92 Å². The van der Waals surface area contributed by atoms with Gasteiger partial charge in [-0.25, -0.2) is 4.39 Å². The summed E-state index contributed by atoms with van der Waals surface area (Å²) in [4.78, 5) is 0. The molecular formula is C24H21BrFP. The van der Waals surface area contributed by atoms with E-state index in [-0.39, 0.29) is 22.8 Å². The molecule has 0 fully saturated rings. The molecule has 4 aromatic carbocycles. The molecule has 0 atom stereocenters. The largest absolute Gasteiger partial charge is 0.207 e. The van der Waals surface area contributed by atoms with Crippen LogP contribution in [0.2, 0.25) is 0 Å². The van der Waals surface area contributed by atoms with Gasteiger partial charge in [-0.05, 0) is 36.0 Å². The molecule has 4 aromatic rings. The predicted molar refractivity (Wildman–Crippen MR) is 122 cm³/mol. The lowest BCUT2D eigenvalue weighted by Crippen LogP contribution is -2.20. The average Bonchev–Trinajstić information content (AvgIpc) is 2.72. The number of halogens is 2. The molecule has 0 aliphatic carbocycles. The van der Waals surface area contributed by atoms with E-state index in [1.54, 1.807) is 18.2 Å². The highest BCUT2D eigenvalue weighted by Gasteiger charge is 2.14. The second-order valence-electron chi connectivity index (χ2n) is 5.64. The molecule has 0 spiro atoms. The summed E-state index contributed by atoms with van der Waals surface area (Å²) in [5, 5.41) is 4.19. The first-order valence-electron chi connectivity index (χ1n) is 8.50. The summed E-state index contributed by atoms with van der Waals surface area (Å²) in [7, 11) is -0.446. The molecule has 27 heavy (non-hydrogen) atoms. The number of benzene rings is 4. The maximum Gasteiger partial charge on any atom is 0.123 e. The Kier molecular flexibility index (Phi) is 8.91. The summed E-state index contributed by atoms with van der Waals surface area (Å²) in [6.07, 6.45) is 0. The Labute approximate surface area is 172 Å². The minimum Gasteiger partial charge on any atom is -0.207 e. The summed E-state index contributed by atoms with van der Waals surface area (Å²) in [6.45, 7) is 0. The van der Waals surface area contributed by atoms with Gasteiger partial charge in [0.25, 0.3) is 0 Å². The monoisotopic (exact) mass is 438 g/mol. The molecule has 0 N–H and O–H groups in total. The predicted octanol–water partition coefficient (Wildman–Crippen LogP) is 5.85. The van der Waals surface area contributed by atoms with Crippen molar-refractivity contribution in [3.05, 3.63) is 127 Å². The van der Waals surface area contributed by atoms with Gasteiger partial charge in [0, 0.05) is 0 Å². The van der Waals surface area contributed by atoms with Gasteiger partial charge in [0.15, 0.2) is 0 Å². The Balaban J connectivity index is 0.000000278. The topological polar surface area (TPSA) is 0 Å². The molecule has 0 bridgehead atoms.